The molecule has 0 aliphatic carbocycles. The molecule has 0 saturated carbocycles. The lowest BCUT2D eigenvalue weighted by atomic mass is 10.2. The molecule has 0 aliphatic rings. The number of carbonyl (C=O) groups is 1. The van der Waals surface area contributed by atoms with E-state index in [2.05, 4.69) is 15.5 Å². The Labute approximate surface area is 174 Å². The third-order valence-corrected chi connectivity index (χ3v) is 5.42. The van der Waals surface area contributed by atoms with Gasteiger partial charge >= 0.3 is 0 Å². The molecule has 2 aromatic carbocycles. The molecule has 3 rings (SSSR count). The monoisotopic (exact) mass is 430 g/mol. The summed E-state index contributed by atoms with van der Waals surface area (Å²) in [5.41, 5.74) is 1.50. The zero-order valence-electron chi connectivity index (χ0n) is 16.6. The molecule has 158 valence electrons. The van der Waals surface area contributed by atoms with Gasteiger partial charge in [-0.3, -0.25) is 4.79 Å². The van der Waals surface area contributed by atoms with Crippen molar-refractivity contribution < 1.29 is 22.5 Å². The normalized spacial score (nSPS) is 11.4. The fourth-order valence-electron chi connectivity index (χ4n) is 2.67. The highest BCUT2D eigenvalue weighted by atomic mass is 32.2. The van der Waals surface area contributed by atoms with Crippen molar-refractivity contribution in [3.8, 4) is 17.1 Å². The lowest BCUT2D eigenvalue weighted by molar-refractivity contribution is -0.121. The van der Waals surface area contributed by atoms with Crippen molar-refractivity contribution in [3.63, 3.8) is 0 Å². The number of amides is 1. The van der Waals surface area contributed by atoms with Crippen LogP contribution in [0, 0.1) is 0 Å². The number of sulfonamides is 1. The summed E-state index contributed by atoms with van der Waals surface area (Å²) >= 11 is 0. The van der Waals surface area contributed by atoms with Crippen LogP contribution in [0.1, 0.15) is 11.5 Å². The Hall–Kier alpha value is -3.24. The summed E-state index contributed by atoms with van der Waals surface area (Å²) in [7, 11) is -2.01. The van der Waals surface area contributed by atoms with E-state index in [9.17, 15) is 13.2 Å². The van der Waals surface area contributed by atoms with Crippen molar-refractivity contribution in [1.82, 2.24) is 19.8 Å². The highest BCUT2D eigenvalue weighted by Crippen LogP contribution is 2.21. The first-order chi connectivity index (χ1) is 14.3. The van der Waals surface area contributed by atoms with Crippen LogP contribution in [0.25, 0.3) is 11.4 Å². The van der Waals surface area contributed by atoms with E-state index in [0.717, 1.165) is 16.1 Å². The minimum absolute atomic E-state index is 0.0151. The van der Waals surface area contributed by atoms with Crippen molar-refractivity contribution in [1.29, 1.82) is 0 Å². The van der Waals surface area contributed by atoms with Crippen molar-refractivity contribution in [2.24, 2.45) is 0 Å². The van der Waals surface area contributed by atoms with Gasteiger partial charge in [0, 0.05) is 12.1 Å². The van der Waals surface area contributed by atoms with E-state index in [4.69, 9.17) is 9.26 Å². The molecule has 0 unspecified atom stereocenters. The minimum atomic E-state index is -3.57. The minimum Gasteiger partial charge on any atom is -0.497 e. The number of ether oxygens (including phenoxy) is 1. The molecule has 10 heteroatoms. The fourth-order valence-corrected chi connectivity index (χ4v) is 3.41. The molecular weight excluding hydrogens is 408 g/mol. The number of hydrogen-bond acceptors (Lipinski definition) is 7. The maximum atomic E-state index is 12.3. The average molecular weight is 430 g/mol. The number of methoxy groups -OCH3 is 1. The molecule has 0 aliphatic heterocycles. The second-order valence-corrected chi connectivity index (χ2v) is 8.52. The Balaban J connectivity index is 1.60. The third-order valence-electron chi connectivity index (χ3n) is 4.22. The Morgan fingerprint density at radius 3 is 2.63 bits per heavy atom. The fraction of sp³-hybridized carbons (Fsp3) is 0.250. The van der Waals surface area contributed by atoms with Crippen LogP contribution in [-0.4, -0.2) is 48.7 Å². The second-order valence-electron chi connectivity index (χ2n) is 6.54. The van der Waals surface area contributed by atoms with Gasteiger partial charge in [0.05, 0.1) is 26.5 Å². The summed E-state index contributed by atoms with van der Waals surface area (Å²) in [6.07, 6.45) is 1.07. The van der Waals surface area contributed by atoms with Crippen molar-refractivity contribution in [2.45, 2.75) is 13.1 Å². The van der Waals surface area contributed by atoms with Gasteiger partial charge in [-0.1, -0.05) is 47.6 Å². The first-order valence-corrected chi connectivity index (χ1v) is 10.9. The van der Waals surface area contributed by atoms with E-state index < -0.39 is 15.9 Å². The molecule has 9 nitrogen and oxygen atoms in total. The van der Waals surface area contributed by atoms with Crippen LogP contribution >= 0.6 is 0 Å². The zero-order valence-corrected chi connectivity index (χ0v) is 17.4. The molecule has 1 heterocycles. The van der Waals surface area contributed by atoms with Gasteiger partial charge < -0.3 is 14.6 Å². The predicted octanol–water partition coefficient (Wildman–Crippen LogP) is 1.82. The van der Waals surface area contributed by atoms with E-state index in [1.54, 1.807) is 37.4 Å². The number of aromatic nitrogens is 2. The van der Waals surface area contributed by atoms with E-state index >= 15 is 0 Å². The van der Waals surface area contributed by atoms with Gasteiger partial charge in [0.2, 0.25) is 27.6 Å². The highest BCUT2D eigenvalue weighted by molar-refractivity contribution is 7.88. The molecule has 3 aromatic rings. The van der Waals surface area contributed by atoms with Crippen LogP contribution in [0.15, 0.2) is 59.1 Å². The number of nitrogens with zero attached hydrogens (tertiary/aromatic N) is 3. The predicted molar refractivity (Wildman–Crippen MR) is 110 cm³/mol. The topological polar surface area (TPSA) is 115 Å². The molecule has 1 N–H and O–H groups in total. The molecule has 0 radical (unpaired) electrons. The lowest BCUT2D eigenvalue weighted by Gasteiger charge is -2.19. The Bertz CT molecular complexity index is 1100. The van der Waals surface area contributed by atoms with E-state index in [1.807, 2.05) is 24.3 Å². The summed E-state index contributed by atoms with van der Waals surface area (Å²) in [6, 6.07) is 16.2. The zero-order chi connectivity index (χ0) is 21.6. The molecule has 30 heavy (non-hydrogen) atoms. The van der Waals surface area contributed by atoms with Crippen molar-refractivity contribution >= 4 is 15.9 Å². The van der Waals surface area contributed by atoms with Crippen LogP contribution in [-0.2, 0) is 27.9 Å². The first-order valence-electron chi connectivity index (χ1n) is 9.08. The summed E-state index contributed by atoms with van der Waals surface area (Å²) in [6.45, 7) is -0.225. The van der Waals surface area contributed by atoms with Crippen molar-refractivity contribution in [2.75, 3.05) is 19.9 Å². The van der Waals surface area contributed by atoms with Gasteiger partial charge in [-0.25, -0.2) is 8.42 Å². The number of hydrogen-bond donors (Lipinski definition) is 1. The number of rotatable bonds is 9. The van der Waals surface area contributed by atoms with E-state index in [-0.39, 0.29) is 25.5 Å². The van der Waals surface area contributed by atoms with Gasteiger partial charge in [-0.05, 0) is 17.7 Å². The van der Waals surface area contributed by atoms with E-state index in [0.29, 0.717) is 17.1 Å². The van der Waals surface area contributed by atoms with Gasteiger partial charge in [0.15, 0.2) is 0 Å². The quantitative estimate of drug-likeness (QED) is 0.551. The molecule has 0 fully saturated rings. The highest BCUT2D eigenvalue weighted by Gasteiger charge is 2.21. The maximum absolute atomic E-state index is 12.3. The standard InChI is InChI=1S/C20H22N4O5S/c1-28-17-10-6-9-16(11-17)20-22-19(29-23-20)12-21-18(25)14-24(30(2,26)27)13-15-7-4-3-5-8-15/h3-11H,12-14H2,1-2H3,(H,21,25). The second kappa shape index (κ2) is 9.51. The number of benzene rings is 2. The molecule has 0 atom stereocenters. The maximum Gasteiger partial charge on any atom is 0.246 e. The third kappa shape index (κ3) is 5.88. The Morgan fingerprint density at radius 1 is 1.17 bits per heavy atom. The molecule has 0 spiro atoms. The SMILES string of the molecule is COc1cccc(-c2noc(CNC(=O)CN(Cc3ccccc3)S(C)(=O)=O)n2)c1. The Kier molecular flexibility index (Phi) is 6.80. The summed E-state index contributed by atoms with van der Waals surface area (Å²) in [4.78, 5) is 16.5. The summed E-state index contributed by atoms with van der Waals surface area (Å²) in [5.74, 6) is 0.749. The lowest BCUT2D eigenvalue weighted by Crippen LogP contribution is -2.39. The van der Waals surface area contributed by atoms with Gasteiger partial charge in [-0.2, -0.15) is 9.29 Å². The van der Waals surface area contributed by atoms with Crippen LogP contribution < -0.4 is 10.1 Å². The van der Waals surface area contributed by atoms with Crippen molar-refractivity contribution in [3.05, 3.63) is 66.1 Å². The van der Waals surface area contributed by atoms with Crippen LogP contribution in [0.4, 0.5) is 0 Å². The number of carbonyl (C=O) groups excluding carboxylic acids is 1. The summed E-state index contributed by atoms with van der Waals surface area (Å²) < 4.78 is 35.5. The van der Waals surface area contributed by atoms with Crippen LogP contribution in [0.2, 0.25) is 0 Å². The molecule has 1 amide bonds. The smallest absolute Gasteiger partial charge is 0.246 e. The molecular formula is C20H22N4O5S. The summed E-state index contributed by atoms with van der Waals surface area (Å²) in [5, 5.41) is 6.51. The molecule has 1 aromatic heterocycles. The van der Waals surface area contributed by atoms with Gasteiger partial charge in [-0.15, -0.1) is 0 Å². The molecule has 0 saturated heterocycles. The number of nitrogens with one attached hydrogen (secondary N) is 1. The van der Waals surface area contributed by atoms with Gasteiger partial charge in [0.1, 0.15) is 5.75 Å². The van der Waals surface area contributed by atoms with Gasteiger partial charge in [0.25, 0.3) is 0 Å². The Morgan fingerprint density at radius 2 is 1.93 bits per heavy atom. The molecule has 0 bridgehead atoms. The average Bonchev–Trinajstić information content (AvgIpc) is 3.21. The first kappa shape index (κ1) is 21.5. The van der Waals surface area contributed by atoms with Crippen LogP contribution in [0.5, 0.6) is 5.75 Å². The van der Waals surface area contributed by atoms with Crippen LogP contribution in [0.3, 0.4) is 0 Å². The van der Waals surface area contributed by atoms with E-state index in [1.165, 1.54) is 0 Å². The largest absolute Gasteiger partial charge is 0.497 e.